The van der Waals surface area contributed by atoms with E-state index < -0.39 is 24.3 Å². The first-order chi connectivity index (χ1) is 8.27. The summed E-state index contributed by atoms with van der Waals surface area (Å²) >= 11 is 0. The van der Waals surface area contributed by atoms with Crippen LogP contribution >= 0.6 is 0 Å². The molecule has 0 atom stereocenters. The van der Waals surface area contributed by atoms with Gasteiger partial charge in [0.25, 0.3) is 5.95 Å². The number of halogens is 1. The van der Waals surface area contributed by atoms with Crippen molar-refractivity contribution in [3.63, 3.8) is 0 Å². The molecular weight excluding hydrogens is 236 g/mol. The van der Waals surface area contributed by atoms with Crippen LogP contribution in [0, 0.1) is 5.95 Å². The minimum atomic E-state index is -0.641. The van der Waals surface area contributed by atoms with Crippen molar-refractivity contribution in [3.05, 3.63) is 18.2 Å². The van der Waals surface area contributed by atoms with Crippen LogP contribution in [-0.4, -0.2) is 30.4 Å². The molecule has 2 rings (SSSR count). The van der Waals surface area contributed by atoms with Crippen LogP contribution < -0.4 is 10.2 Å². The number of ether oxygens (including phenoxy) is 1. The van der Waals surface area contributed by atoms with Crippen molar-refractivity contribution in [1.82, 2.24) is 4.98 Å². The molecule has 2 heterocycles. The number of rotatable bonds is 2. The lowest BCUT2D eigenvalue weighted by atomic mass is 9.80. The van der Waals surface area contributed by atoms with Crippen LogP contribution in [0.4, 0.5) is 4.39 Å². The molecule has 1 aromatic rings. The van der Waals surface area contributed by atoms with E-state index in [2.05, 4.69) is 4.98 Å². The third-order valence-electron chi connectivity index (χ3n) is 3.57. The van der Waals surface area contributed by atoms with E-state index >= 15 is 0 Å². The van der Waals surface area contributed by atoms with Crippen LogP contribution in [0.1, 0.15) is 27.7 Å². The van der Waals surface area contributed by atoms with Gasteiger partial charge < -0.3 is 14.0 Å². The summed E-state index contributed by atoms with van der Waals surface area (Å²) in [4.78, 5) is 3.64. The molecule has 0 aliphatic carbocycles. The summed E-state index contributed by atoms with van der Waals surface area (Å²) < 4.78 is 29.8. The fourth-order valence-corrected chi connectivity index (χ4v) is 1.69. The van der Waals surface area contributed by atoms with Crippen LogP contribution in [0.25, 0.3) is 0 Å². The molecule has 0 bridgehead atoms. The third-order valence-corrected chi connectivity index (χ3v) is 3.57. The molecule has 18 heavy (non-hydrogen) atoms. The Kier molecular flexibility index (Phi) is 3.11. The smallest absolute Gasteiger partial charge is 0.492 e. The van der Waals surface area contributed by atoms with Gasteiger partial charge in [-0.1, -0.05) is 0 Å². The Hall–Kier alpha value is -1.14. The van der Waals surface area contributed by atoms with Crippen LogP contribution in [0.15, 0.2) is 12.3 Å². The molecule has 1 aromatic heterocycles. The molecule has 6 heteroatoms. The van der Waals surface area contributed by atoms with Gasteiger partial charge in [-0.05, 0) is 33.8 Å². The lowest BCUT2D eigenvalue weighted by Crippen LogP contribution is -2.41. The van der Waals surface area contributed by atoms with Gasteiger partial charge in [0.1, 0.15) is 0 Å². The average Bonchev–Trinajstić information content (AvgIpc) is 2.49. The van der Waals surface area contributed by atoms with Gasteiger partial charge in [-0.3, -0.25) is 0 Å². The molecule has 98 valence electrons. The lowest BCUT2D eigenvalue weighted by molar-refractivity contribution is 0.00578. The van der Waals surface area contributed by atoms with Crippen molar-refractivity contribution >= 4 is 12.6 Å². The van der Waals surface area contributed by atoms with Gasteiger partial charge in [-0.15, -0.1) is 0 Å². The highest BCUT2D eigenvalue weighted by molar-refractivity contribution is 6.62. The van der Waals surface area contributed by atoms with Crippen molar-refractivity contribution in [2.24, 2.45) is 0 Å². The second-order valence-corrected chi connectivity index (χ2v) is 5.35. The first-order valence-electron chi connectivity index (χ1n) is 5.82. The number of pyridine rings is 1. The lowest BCUT2D eigenvalue weighted by Gasteiger charge is -2.32. The largest absolute Gasteiger partial charge is 0.496 e. The van der Waals surface area contributed by atoms with Crippen LogP contribution in [0.5, 0.6) is 5.75 Å². The highest BCUT2D eigenvalue weighted by atomic mass is 19.1. The van der Waals surface area contributed by atoms with Gasteiger partial charge in [0.15, 0.2) is 5.75 Å². The average molecular weight is 253 g/mol. The summed E-state index contributed by atoms with van der Waals surface area (Å²) in [6.07, 6.45) is 1.40. The van der Waals surface area contributed by atoms with E-state index in [0.29, 0.717) is 5.46 Å². The third kappa shape index (κ3) is 2.10. The first kappa shape index (κ1) is 13.3. The normalized spacial score (nSPS) is 21.1. The first-order valence-corrected chi connectivity index (χ1v) is 5.82. The molecule has 0 spiro atoms. The summed E-state index contributed by atoms with van der Waals surface area (Å²) in [5.74, 6) is -0.556. The molecule has 1 aliphatic heterocycles. The van der Waals surface area contributed by atoms with E-state index in [0.717, 1.165) is 0 Å². The Balaban J connectivity index is 2.30. The summed E-state index contributed by atoms with van der Waals surface area (Å²) in [5, 5.41) is 0. The highest BCUT2D eigenvalue weighted by Gasteiger charge is 2.51. The molecule has 0 aromatic carbocycles. The Bertz CT molecular complexity index is 449. The molecule has 1 fully saturated rings. The van der Waals surface area contributed by atoms with Gasteiger partial charge in [0.05, 0.1) is 18.3 Å². The maximum Gasteiger partial charge on any atom is 0.496 e. The van der Waals surface area contributed by atoms with Crippen molar-refractivity contribution in [3.8, 4) is 5.75 Å². The van der Waals surface area contributed by atoms with Gasteiger partial charge in [0, 0.05) is 11.7 Å². The van der Waals surface area contributed by atoms with Gasteiger partial charge >= 0.3 is 7.12 Å². The molecule has 1 aliphatic rings. The van der Waals surface area contributed by atoms with Crippen molar-refractivity contribution in [2.75, 3.05) is 7.11 Å². The Morgan fingerprint density at radius 2 is 1.78 bits per heavy atom. The predicted octanol–water partition coefficient (Wildman–Crippen LogP) is 1.53. The van der Waals surface area contributed by atoms with Crippen molar-refractivity contribution < 1.29 is 18.4 Å². The maximum atomic E-state index is 13.2. The zero-order valence-electron chi connectivity index (χ0n) is 11.3. The fourth-order valence-electron chi connectivity index (χ4n) is 1.69. The number of aromatic nitrogens is 1. The maximum absolute atomic E-state index is 13.2. The summed E-state index contributed by atoms with van der Waals surface area (Å²) in [5.41, 5.74) is -0.217. The SMILES string of the molecule is COc1cc(B2OC(C)(C)C(C)(C)O2)cnc1F. The molecule has 0 N–H and O–H groups in total. The van der Waals surface area contributed by atoms with E-state index in [1.807, 2.05) is 27.7 Å². The summed E-state index contributed by atoms with van der Waals surface area (Å²) in [6, 6.07) is 1.55. The second-order valence-electron chi connectivity index (χ2n) is 5.35. The molecule has 4 nitrogen and oxygen atoms in total. The molecule has 0 saturated carbocycles. The zero-order chi connectivity index (χ0) is 13.6. The minimum absolute atomic E-state index is 0.0854. The Labute approximate surface area is 107 Å². The van der Waals surface area contributed by atoms with Gasteiger partial charge in [-0.2, -0.15) is 4.39 Å². The van der Waals surface area contributed by atoms with E-state index in [1.165, 1.54) is 13.3 Å². The summed E-state index contributed by atoms with van der Waals surface area (Å²) in [6.45, 7) is 7.84. The van der Waals surface area contributed by atoms with Gasteiger partial charge in [-0.25, -0.2) is 4.98 Å². The van der Waals surface area contributed by atoms with Crippen LogP contribution in [0.2, 0.25) is 0 Å². The predicted molar refractivity (Wildman–Crippen MR) is 66.5 cm³/mol. The topological polar surface area (TPSA) is 40.6 Å². The Morgan fingerprint density at radius 1 is 1.22 bits per heavy atom. The van der Waals surface area contributed by atoms with E-state index in [4.69, 9.17) is 14.0 Å². The fraction of sp³-hybridized carbons (Fsp3) is 0.583. The highest BCUT2D eigenvalue weighted by Crippen LogP contribution is 2.36. The molecule has 0 unspecified atom stereocenters. The molecule has 1 saturated heterocycles. The molecule has 0 amide bonds. The standard InChI is InChI=1S/C12H17BFNO3/c1-11(2)12(3,4)18-13(17-11)8-6-9(16-5)10(14)15-7-8/h6-7H,1-5H3. The van der Waals surface area contributed by atoms with Crippen molar-refractivity contribution in [1.29, 1.82) is 0 Å². The number of hydrogen-bond acceptors (Lipinski definition) is 4. The number of nitrogens with zero attached hydrogens (tertiary/aromatic N) is 1. The van der Waals surface area contributed by atoms with Gasteiger partial charge in [0.2, 0.25) is 0 Å². The van der Waals surface area contributed by atoms with Crippen LogP contribution in [0.3, 0.4) is 0 Å². The zero-order valence-corrected chi connectivity index (χ0v) is 11.3. The monoisotopic (exact) mass is 253 g/mol. The van der Waals surface area contributed by atoms with E-state index in [1.54, 1.807) is 6.07 Å². The van der Waals surface area contributed by atoms with Crippen LogP contribution in [-0.2, 0) is 9.31 Å². The summed E-state index contributed by atoms with van der Waals surface area (Å²) in [7, 11) is 0.839. The number of hydrogen-bond donors (Lipinski definition) is 0. The molecular formula is C12H17BFNO3. The second kappa shape index (κ2) is 4.21. The quantitative estimate of drug-likeness (QED) is 0.592. The Morgan fingerprint density at radius 3 is 2.28 bits per heavy atom. The minimum Gasteiger partial charge on any atom is -0.492 e. The number of methoxy groups -OCH3 is 1. The molecule has 0 radical (unpaired) electrons. The van der Waals surface area contributed by atoms with E-state index in [9.17, 15) is 4.39 Å². The van der Waals surface area contributed by atoms with E-state index in [-0.39, 0.29) is 5.75 Å². The van der Waals surface area contributed by atoms with Crippen molar-refractivity contribution in [2.45, 2.75) is 38.9 Å².